The summed E-state index contributed by atoms with van der Waals surface area (Å²) in [6.07, 6.45) is 3.30. The maximum Gasteiger partial charge on any atom is 0.248 e. The molecule has 0 aromatic heterocycles. The molecule has 0 aromatic carbocycles. The fourth-order valence-corrected chi connectivity index (χ4v) is 2.48. The first-order valence-electron chi connectivity index (χ1n) is 7.03. The summed E-state index contributed by atoms with van der Waals surface area (Å²) in [6.45, 7) is 9.40. The predicted molar refractivity (Wildman–Crippen MR) is 72.1 cm³/mol. The second-order valence-corrected chi connectivity index (χ2v) is 5.63. The highest BCUT2D eigenvalue weighted by Crippen LogP contribution is 2.19. The Kier molecular flexibility index (Phi) is 5.17. The van der Waals surface area contributed by atoms with Crippen LogP contribution in [0.4, 0.5) is 0 Å². The van der Waals surface area contributed by atoms with Gasteiger partial charge in [-0.25, -0.2) is 0 Å². The summed E-state index contributed by atoms with van der Waals surface area (Å²) in [6, 6.07) is 0. The van der Waals surface area contributed by atoms with E-state index in [9.17, 15) is 9.59 Å². The van der Waals surface area contributed by atoms with Crippen molar-refractivity contribution in [2.75, 3.05) is 13.1 Å². The Morgan fingerprint density at radius 3 is 2.61 bits per heavy atom. The SMILES string of the molecule is CCCC(C)CN1CCC(=O)NC(C)(CC)C1=O. The monoisotopic (exact) mass is 254 g/mol. The summed E-state index contributed by atoms with van der Waals surface area (Å²) in [7, 11) is 0. The number of amides is 2. The van der Waals surface area contributed by atoms with Crippen LogP contribution in [0, 0.1) is 5.92 Å². The average molecular weight is 254 g/mol. The number of nitrogens with zero attached hydrogens (tertiary/aromatic N) is 1. The summed E-state index contributed by atoms with van der Waals surface area (Å²) in [5, 5.41) is 2.86. The predicted octanol–water partition coefficient (Wildman–Crippen LogP) is 1.94. The van der Waals surface area contributed by atoms with Crippen molar-refractivity contribution in [3.63, 3.8) is 0 Å². The minimum absolute atomic E-state index is 0.0154. The highest BCUT2D eigenvalue weighted by molar-refractivity contribution is 5.93. The summed E-state index contributed by atoms with van der Waals surface area (Å²) in [4.78, 5) is 26.0. The lowest BCUT2D eigenvalue weighted by atomic mass is 9.96. The zero-order valence-electron chi connectivity index (χ0n) is 12.1. The van der Waals surface area contributed by atoms with Gasteiger partial charge in [-0.2, -0.15) is 0 Å². The van der Waals surface area contributed by atoms with Gasteiger partial charge in [0.25, 0.3) is 0 Å². The molecule has 1 rings (SSSR count). The zero-order chi connectivity index (χ0) is 13.8. The molecule has 4 nitrogen and oxygen atoms in total. The topological polar surface area (TPSA) is 49.4 Å². The molecule has 0 spiro atoms. The molecular weight excluding hydrogens is 228 g/mol. The second kappa shape index (κ2) is 6.21. The van der Waals surface area contributed by atoms with E-state index in [4.69, 9.17) is 0 Å². The fraction of sp³-hybridized carbons (Fsp3) is 0.857. The number of rotatable bonds is 5. The molecule has 0 aliphatic carbocycles. The quantitative estimate of drug-likeness (QED) is 0.815. The third-order valence-electron chi connectivity index (χ3n) is 3.80. The molecule has 2 unspecified atom stereocenters. The number of carbonyl (C=O) groups is 2. The van der Waals surface area contributed by atoms with E-state index in [1.54, 1.807) is 0 Å². The smallest absolute Gasteiger partial charge is 0.248 e. The van der Waals surface area contributed by atoms with Crippen LogP contribution in [0.25, 0.3) is 0 Å². The molecule has 4 heteroatoms. The molecule has 104 valence electrons. The largest absolute Gasteiger partial charge is 0.342 e. The highest BCUT2D eigenvalue weighted by atomic mass is 16.2. The minimum Gasteiger partial charge on any atom is -0.342 e. The Balaban J connectivity index is 2.78. The fourth-order valence-electron chi connectivity index (χ4n) is 2.48. The first-order valence-corrected chi connectivity index (χ1v) is 7.03. The van der Waals surface area contributed by atoms with E-state index >= 15 is 0 Å². The molecule has 1 aliphatic rings. The van der Waals surface area contributed by atoms with Crippen LogP contribution in [0.15, 0.2) is 0 Å². The molecule has 1 N–H and O–H groups in total. The number of hydrogen-bond donors (Lipinski definition) is 1. The van der Waals surface area contributed by atoms with Crippen molar-refractivity contribution < 1.29 is 9.59 Å². The van der Waals surface area contributed by atoms with Gasteiger partial charge in [-0.1, -0.05) is 27.2 Å². The first kappa shape index (κ1) is 15.0. The van der Waals surface area contributed by atoms with Crippen molar-refractivity contribution in [3.05, 3.63) is 0 Å². The lowest BCUT2D eigenvalue weighted by molar-refractivity contribution is -0.138. The van der Waals surface area contributed by atoms with Crippen molar-refractivity contribution in [2.45, 2.75) is 58.9 Å². The minimum atomic E-state index is -0.723. The molecule has 1 heterocycles. The van der Waals surface area contributed by atoms with Gasteiger partial charge in [0.05, 0.1) is 0 Å². The molecule has 2 amide bonds. The molecule has 1 saturated heterocycles. The lowest BCUT2D eigenvalue weighted by Crippen LogP contribution is -2.55. The van der Waals surface area contributed by atoms with Crippen LogP contribution < -0.4 is 5.32 Å². The van der Waals surface area contributed by atoms with E-state index in [1.807, 2.05) is 18.7 Å². The van der Waals surface area contributed by atoms with Gasteiger partial charge in [0, 0.05) is 19.5 Å². The van der Waals surface area contributed by atoms with Gasteiger partial charge in [0.1, 0.15) is 5.54 Å². The van der Waals surface area contributed by atoms with Gasteiger partial charge in [-0.15, -0.1) is 0 Å². The van der Waals surface area contributed by atoms with Gasteiger partial charge in [-0.05, 0) is 25.7 Å². The summed E-state index contributed by atoms with van der Waals surface area (Å²) in [5.41, 5.74) is -0.723. The molecule has 2 atom stereocenters. The van der Waals surface area contributed by atoms with Crippen LogP contribution in [0.1, 0.15) is 53.4 Å². The van der Waals surface area contributed by atoms with E-state index in [2.05, 4.69) is 19.2 Å². The second-order valence-electron chi connectivity index (χ2n) is 5.63. The Labute approximate surface area is 110 Å². The van der Waals surface area contributed by atoms with Crippen LogP contribution >= 0.6 is 0 Å². The Hall–Kier alpha value is -1.06. The van der Waals surface area contributed by atoms with Gasteiger partial charge in [-0.3, -0.25) is 9.59 Å². The molecular formula is C14H26N2O2. The first-order chi connectivity index (χ1) is 8.42. The maximum absolute atomic E-state index is 12.5. The third-order valence-corrected chi connectivity index (χ3v) is 3.80. The van der Waals surface area contributed by atoms with E-state index in [0.29, 0.717) is 25.3 Å². The zero-order valence-corrected chi connectivity index (χ0v) is 12.1. The van der Waals surface area contributed by atoms with Crippen LogP contribution in [0.3, 0.4) is 0 Å². The van der Waals surface area contributed by atoms with Crippen molar-refractivity contribution in [1.82, 2.24) is 10.2 Å². The van der Waals surface area contributed by atoms with E-state index in [1.165, 1.54) is 0 Å². The average Bonchev–Trinajstić information content (AvgIpc) is 2.42. The van der Waals surface area contributed by atoms with Crippen LogP contribution in [-0.4, -0.2) is 35.3 Å². The van der Waals surface area contributed by atoms with Crippen molar-refractivity contribution in [1.29, 1.82) is 0 Å². The molecule has 0 radical (unpaired) electrons. The van der Waals surface area contributed by atoms with Gasteiger partial charge < -0.3 is 10.2 Å². The lowest BCUT2D eigenvalue weighted by Gasteiger charge is -2.32. The molecule has 1 fully saturated rings. The Morgan fingerprint density at radius 1 is 1.39 bits per heavy atom. The Bertz CT molecular complexity index is 317. The highest BCUT2D eigenvalue weighted by Gasteiger charge is 2.39. The molecule has 0 bridgehead atoms. The normalized spacial score (nSPS) is 26.8. The van der Waals surface area contributed by atoms with Crippen molar-refractivity contribution in [2.24, 2.45) is 5.92 Å². The van der Waals surface area contributed by atoms with Crippen LogP contribution in [-0.2, 0) is 9.59 Å². The number of hydrogen-bond acceptors (Lipinski definition) is 2. The van der Waals surface area contributed by atoms with E-state index in [-0.39, 0.29) is 11.8 Å². The molecule has 0 aromatic rings. The molecule has 0 saturated carbocycles. The van der Waals surface area contributed by atoms with Crippen molar-refractivity contribution in [3.8, 4) is 0 Å². The molecule has 18 heavy (non-hydrogen) atoms. The maximum atomic E-state index is 12.5. The summed E-state index contributed by atoms with van der Waals surface area (Å²) in [5.74, 6) is 0.547. The van der Waals surface area contributed by atoms with Gasteiger partial charge >= 0.3 is 0 Å². The summed E-state index contributed by atoms with van der Waals surface area (Å²) >= 11 is 0. The standard InChI is InChI=1S/C14H26N2O2/c1-5-7-11(3)10-16-9-8-12(17)15-14(4,6-2)13(16)18/h11H,5-10H2,1-4H3,(H,15,17). The van der Waals surface area contributed by atoms with Crippen molar-refractivity contribution >= 4 is 11.8 Å². The van der Waals surface area contributed by atoms with Gasteiger partial charge in [0.2, 0.25) is 11.8 Å². The van der Waals surface area contributed by atoms with Gasteiger partial charge in [0.15, 0.2) is 0 Å². The summed E-state index contributed by atoms with van der Waals surface area (Å²) < 4.78 is 0. The van der Waals surface area contributed by atoms with E-state index < -0.39 is 5.54 Å². The molecule has 1 aliphatic heterocycles. The van der Waals surface area contributed by atoms with Crippen LogP contribution in [0.5, 0.6) is 0 Å². The third kappa shape index (κ3) is 3.47. The number of carbonyl (C=O) groups excluding carboxylic acids is 2. The number of nitrogens with one attached hydrogen (secondary N) is 1. The van der Waals surface area contributed by atoms with Crippen LogP contribution in [0.2, 0.25) is 0 Å². The Morgan fingerprint density at radius 2 is 2.06 bits per heavy atom. The van der Waals surface area contributed by atoms with E-state index in [0.717, 1.165) is 19.4 Å².